The molecule has 0 bridgehead atoms. The molecule has 0 spiro atoms. The molecular formula is C14H12O6. The van der Waals surface area contributed by atoms with Gasteiger partial charge in [0.1, 0.15) is 5.56 Å². The Morgan fingerprint density at radius 1 is 1.20 bits per heavy atom. The second-order valence-corrected chi connectivity index (χ2v) is 3.71. The van der Waals surface area contributed by atoms with Gasteiger partial charge >= 0.3 is 5.97 Å². The van der Waals surface area contributed by atoms with Gasteiger partial charge in [0.15, 0.2) is 23.5 Å². The van der Waals surface area contributed by atoms with E-state index in [2.05, 4.69) is 4.74 Å². The van der Waals surface area contributed by atoms with Gasteiger partial charge < -0.3 is 18.6 Å². The minimum absolute atomic E-state index is 0.0711. The summed E-state index contributed by atoms with van der Waals surface area (Å²) >= 11 is 0. The molecule has 2 rings (SSSR count). The lowest BCUT2D eigenvalue weighted by molar-refractivity contribution is 0.0596. The normalized spacial score (nSPS) is 9.90. The number of furan rings is 1. The molecule has 0 atom stereocenters. The quantitative estimate of drug-likeness (QED) is 0.617. The van der Waals surface area contributed by atoms with Crippen molar-refractivity contribution in [1.82, 2.24) is 0 Å². The van der Waals surface area contributed by atoms with Crippen LogP contribution in [0.3, 0.4) is 0 Å². The number of benzene rings is 1. The summed E-state index contributed by atoms with van der Waals surface area (Å²) in [6.45, 7) is 0. The number of hydrogen-bond acceptors (Lipinski definition) is 6. The summed E-state index contributed by atoms with van der Waals surface area (Å²) in [6.07, 6.45) is 0.552. The highest BCUT2D eigenvalue weighted by molar-refractivity contribution is 5.93. The van der Waals surface area contributed by atoms with E-state index >= 15 is 0 Å². The zero-order chi connectivity index (χ0) is 14.5. The standard InChI is InChI=1S/C14H12O6/c1-17-11-5-3-4-10(14(16)18-2)13(11)20-12-7-6-9(8-15)19-12/h3-8H,1-2H3. The summed E-state index contributed by atoms with van der Waals surface area (Å²) in [5.74, 6) is 0.128. The van der Waals surface area contributed by atoms with E-state index in [4.69, 9.17) is 13.9 Å². The number of para-hydroxylation sites is 1. The van der Waals surface area contributed by atoms with Crippen LogP contribution in [-0.2, 0) is 4.74 Å². The van der Waals surface area contributed by atoms with Crippen molar-refractivity contribution >= 4 is 12.3 Å². The summed E-state index contributed by atoms with van der Waals surface area (Å²) < 4.78 is 20.4. The minimum Gasteiger partial charge on any atom is -0.493 e. The van der Waals surface area contributed by atoms with Crippen molar-refractivity contribution in [2.45, 2.75) is 0 Å². The number of rotatable bonds is 5. The number of aldehydes is 1. The van der Waals surface area contributed by atoms with Gasteiger partial charge in [-0.15, -0.1) is 0 Å². The van der Waals surface area contributed by atoms with Crippen molar-refractivity contribution in [2.24, 2.45) is 0 Å². The fraction of sp³-hybridized carbons (Fsp3) is 0.143. The number of carbonyl (C=O) groups excluding carboxylic acids is 2. The van der Waals surface area contributed by atoms with Gasteiger partial charge in [-0.3, -0.25) is 4.79 Å². The van der Waals surface area contributed by atoms with Gasteiger partial charge in [-0.25, -0.2) is 4.79 Å². The van der Waals surface area contributed by atoms with Crippen molar-refractivity contribution in [3.63, 3.8) is 0 Å². The fourth-order valence-corrected chi connectivity index (χ4v) is 1.61. The van der Waals surface area contributed by atoms with E-state index in [1.165, 1.54) is 32.4 Å². The molecule has 0 amide bonds. The van der Waals surface area contributed by atoms with Gasteiger partial charge in [0, 0.05) is 6.07 Å². The first-order valence-electron chi connectivity index (χ1n) is 5.67. The molecule has 0 saturated carbocycles. The number of hydrogen-bond donors (Lipinski definition) is 0. The average molecular weight is 276 g/mol. The van der Waals surface area contributed by atoms with Crippen LogP contribution < -0.4 is 9.47 Å². The van der Waals surface area contributed by atoms with Crippen molar-refractivity contribution < 1.29 is 28.2 Å². The third-order valence-electron chi connectivity index (χ3n) is 2.53. The third kappa shape index (κ3) is 2.64. The zero-order valence-corrected chi connectivity index (χ0v) is 10.9. The molecule has 20 heavy (non-hydrogen) atoms. The van der Waals surface area contributed by atoms with Crippen LogP contribution in [0.25, 0.3) is 0 Å². The maximum Gasteiger partial charge on any atom is 0.341 e. The Bertz CT molecular complexity index is 628. The van der Waals surface area contributed by atoms with E-state index < -0.39 is 5.97 Å². The predicted molar refractivity (Wildman–Crippen MR) is 68.5 cm³/mol. The topological polar surface area (TPSA) is 75.0 Å². The number of methoxy groups -OCH3 is 2. The first-order valence-corrected chi connectivity index (χ1v) is 5.67. The van der Waals surface area contributed by atoms with Crippen molar-refractivity contribution in [3.8, 4) is 17.4 Å². The molecular weight excluding hydrogens is 264 g/mol. The fourth-order valence-electron chi connectivity index (χ4n) is 1.61. The summed E-state index contributed by atoms with van der Waals surface area (Å²) in [7, 11) is 2.71. The van der Waals surface area contributed by atoms with Crippen LogP contribution in [0.5, 0.6) is 17.4 Å². The Kier molecular flexibility index (Phi) is 4.05. The van der Waals surface area contributed by atoms with E-state index in [0.717, 1.165) is 0 Å². The lowest BCUT2D eigenvalue weighted by Crippen LogP contribution is -2.04. The van der Waals surface area contributed by atoms with Gasteiger partial charge in [-0.2, -0.15) is 0 Å². The van der Waals surface area contributed by atoms with Gasteiger partial charge in [0.05, 0.1) is 14.2 Å². The lowest BCUT2D eigenvalue weighted by atomic mass is 10.2. The van der Waals surface area contributed by atoms with E-state index in [9.17, 15) is 9.59 Å². The molecule has 0 radical (unpaired) electrons. The smallest absolute Gasteiger partial charge is 0.341 e. The molecule has 0 fully saturated rings. The van der Waals surface area contributed by atoms with Crippen LogP contribution in [0.2, 0.25) is 0 Å². The van der Waals surface area contributed by atoms with Crippen LogP contribution in [0, 0.1) is 0 Å². The van der Waals surface area contributed by atoms with Gasteiger partial charge in [0.25, 0.3) is 5.95 Å². The third-order valence-corrected chi connectivity index (χ3v) is 2.53. The van der Waals surface area contributed by atoms with Crippen molar-refractivity contribution in [3.05, 3.63) is 41.7 Å². The highest BCUT2D eigenvalue weighted by Crippen LogP contribution is 2.35. The Labute approximate surface area is 114 Å². The number of carbonyl (C=O) groups is 2. The molecule has 0 aliphatic rings. The lowest BCUT2D eigenvalue weighted by Gasteiger charge is -2.11. The molecule has 6 nitrogen and oxygen atoms in total. The SMILES string of the molecule is COC(=O)c1cccc(OC)c1Oc1ccc(C=O)o1. The van der Waals surface area contributed by atoms with Crippen LogP contribution in [-0.4, -0.2) is 26.5 Å². The maximum atomic E-state index is 11.7. The minimum atomic E-state index is -0.568. The Balaban J connectivity index is 2.42. The predicted octanol–water partition coefficient (Wildman–Crippen LogP) is 2.68. The molecule has 0 saturated heterocycles. The van der Waals surface area contributed by atoms with E-state index in [0.29, 0.717) is 12.0 Å². The van der Waals surface area contributed by atoms with Crippen LogP contribution in [0.15, 0.2) is 34.7 Å². The van der Waals surface area contributed by atoms with Crippen molar-refractivity contribution in [1.29, 1.82) is 0 Å². The molecule has 6 heteroatoms. The van der Waals surface area contributed by atoms with E-state index in [1.807, 2.05) is 0 Å². The maximum absolute atomic E-state index is 11.7. The van der Waals surface area contributed by atoms with Crippen LogP contribution >= 0.6 is 0 Å². The Morgan fingerprint density at radius 2 is 2.00 bits per heavy atom. The zero-order valence-electron chi connectivity index (χ0n) is 10.9. The second kappa shape index (κ2) is 5.92. The second-order valence-electron chi connectivity index (χ2n) is 3.71. The van der Waals surface area contributed by atoms with Crippen LogP contribution in [0.4, 0.5) is 0 Å². The number of ether oxygens (including phenoxy) is 3. The Hall–Kier alpha value is -2.76. The van der Waals surface area contributed by atoms with Crippen molar-refractivity contribution in [2.75, 3.05) is 14.2 Å². The molecule has 0 aliphatic carbocycles. The van der Waals surface area contributed by atoms with E-state index in [-0.39, 0.29) is 23.0 Å². The molecule has 104 valence electrons. The molecule has 0 unspecified atom stereocenters. The highest BCUT2D eigenvalue weighted by atomic mass is 16.6. The van der Waals surface area contributed by atoms with Gasteiger partial charge in [-0.1, -0.05) is 6.07 Å². The highest BCUT2D eigenvalue weighted by Gasteiger charge is 2.19. The first kappa shape index (κ1) is 13.7. The van der Waals surface area contributed by atoms with Gasteiger partial charge in [-0.05, 0) is 18.2 Å². The number of esters is 1. The Morgan fingerprint density at radius 3 is 2.60 bits per heavy atom. The van der Waals surface area contributed by atoms with Crippen LogP contribution in [0.1, 0.15) is 20.9 Å². The monoisotopic (exact) mass is 276 g/mol. The molecule has 1 heterocycles. The molecule has 0 N–H and O–H groups in total. The van der Waals surface area contributed by atoms with Gasteiger partial charge in [0.2, 0.25) is 0 Å². The summed E-state index contributed by atoms with van der Waals surface area (Å²) in [5, 5.41) is 0. The molecule has 0 aliphatic heterocycles. The average Bonchev–Trinajstić information content (AvgIpc) is 2.94. The molecule has 1 aromatic heterocycles. The van der Waals surface area contributed by atoms with E-state index in [1.54, 1.807) is 12.1 Å². The summed E-state index contributed by atoms with van der Waals surface area (Å²) in [5.41, 5.74) is 0.191. The largest absolute Gasteiger partial charge is 0.493 e. The molecule has 1 aromatic carbocycles. The molecule has 2 aromatic rings. The first-order chi connectivity index (χ1) is 9.69. The summed E-state index contributed by atoms with van der Waals surface area (Å²) in [6, 6.07) is 7.72. The summed E-state index contributed by atoms with van der Waals surface area (Å²) in [4.78, 5) is 22.3.